The van der Waals surface area contributed by atoms with E-state index in [-0.39, 0.29) is 17.9 Å². The summed E-state index contributed by atoms with van der Waals surface area (Å²) in [7, 11) is 1.54. The summed E-state index contributed by atoms with van der Waals surface area (Å²) in [6, 6.07) is 3.70. The number of rotatable bonds is 5. The van der Waals surface area contributed by atoms with Crippen LogP contribution in [0.15, 0.2) is 16.6 Å². The minimum Gasteiger partial charge on any atom is -0.503 e. The predicted molar refractivity (Wildman–Crippen MR) is 86.6 cm³/mol. The first-order chi connectivity index (χ1) is 9.99. The first-order valence-electron chi connectivity index (χ1n) is 7.41. The molecule has 0 radical (unpaired) electrons. The van der Waals surface area contributed by atoms with Crippen LogP contribution in [0.3, 0.4) is 0 Å². The highest BCUT2D eigenvalue weighted by molar-refractivity contribution is 9.10. The van der Waals surface area contributed by atoms with Gasteiger partial charge in [0.15, 0.2) is 11.5 Å². The van der Waals surface area contributed by atoms with E-state index in [1.54, 1.807) is 0 Å². The smallest absolute Gasteiger partial charge is 0.172 e. The van der Waals surface area contributed by atoms with Crippen molar-refractivity contribution in [3.8, 4) is 11.5 Å². The Morgan fingerprint density at radius 1 is 1.38 bits per heavy atom. The van der Waals surface area contributed by atoms with Gasteiger partial charge in [-0.3, -0.25) is 0 Å². The zero-order valence-electron chi connectivity index (χ0n) is 12.7. The van der Waals surface area contributed by atoms with Crippen LogP contribution in [0.1, 0.15) is 38.2 Å². The first-order valence-corrected chi connectivity index (χ1v) is 8.20. The number of ether oxygens (including phenoxy) is 1. The Labute approximate surface area is 134 Å². The summed E-state index contributed by atoms with van der Waals surface area (Å²) in [5.41, 5.74) is 0.840. The van der Waals surface area contributed by atoms with Crippen molar-refractivity contribution in [2.75, 3.05) is 13.7 Å². The van der Waals surface area contributed by atoms with E-state index in [0.29, 0.717) is 16.8 Å². The molecule has 2 rings (SSSR count). The van der Waals surface area contributed by atoms with Crippen LogP contribution >= 0.6 is 15.9 Å². The highest BCUT2D eigenvalue weighted by atomic mass is 79.9. The molecule has 1 aliphatic carbocycles. The van der Waals surface area contributed by atoms with Gasteiger partial charge in [0.25, 0.3) is 0 Å². The molecule has 0 saturated heterocycles. The van der Waals surface area contributed by atoms with Crippen LogP contribution in [-0.2, 0) is 6.54 Å². The maximum atomic E-state index is 9.83. The summed E-state index contributed by atoms with van der Waals surface area (Å²) < 4.78 is 5.79. The molecule has 1 aromatic rings. The standard InChI is InChI=1S/C16H24BrNO3/c1-11-3-5-16(10-19,6-4-11)18-9-12-7-13(17)15(20)14(8-12)21-2/h7-8,11,18-20H,3-6,9-10H2,1-2H3. The van der Waals surface area contributed by atoms with E-state index in [9.17, 15) is 10.2 Å². The Morgan fingerprint density at radius 3 is 2.62 bits per heavy atom. The molecule has 1 fully saturated rings. The molecule has 5 heteroatoms. The van der Waals surface area contributed by atoms with Crippen LogP contribution in [0.2, 0.25) is 0 Å². The molecule has 118 valence electrons. The third kappa shape index (κ3) is 3.90. The Kier molecular flexibility index (Phi) is 5.52. The van der Waals surface area contributed by atoms with E-state index in [1.807, 2.05) is 12.1 Å². The molecule has 0 aliphatic heterocycles. The molecule has 0 atom stereocenters. The van der Waals surface area contributed by atoms with Crippen LogP contribution in [0.25, 0.3) is 0 Å². The number of hydrogen-bond acceptors (Lipinski definition) is 4. The van der Waals surface area contributed by atoms with Crippen molar-refractivity contribution in [1.82, 2.24) is 5.32 Å². The Morgan fingerprint density at radius 2 is 2.05 bits per heavy atom. The zero-order chi connectivity index (χ0) is 15.5. The molecular formula is C16H24BrNO3. The van der Waals surface area contributed by atoms with Gasteiger partial charge in [-0.25, -0.2) is 0 Å². The zero-order valence-corrected chi connectivity index (χ0v) is 14.2. The molecule has 0 aromatic heterocycles. The van der Waals surface area contributed by atoms with Crippen LogP contribution in [-0.4, -0.2) is 29.5 Å². The summed E-state index contributed by atoms with van der Waals surface area (Å²) in [6.45, 7) is 3.07. The van der Waals surface area contributed by atoms with Crippen molar-refractivity contribution >= 4 is 15.9 Å². The molecular weight excluding hydrogens is 334 g/mol. The maximum absolute atomic E-state index is 9.83. The van der Waals surface area contributed by atoms with Gasteiger partial charge in [0.05, 0.1) is 18.2 Å². The Bertz CT molecular complexity index is 485. The van der Waals surface area contributed by atoms with Crippen molar-refractivity contribution < 1.29 is 14.9 Å². The number of aromatic hydroxyl groups is 1. The maximum Gasteiger partial charge on any atom is 0.172 e. The molecule has 1 aliphatic rings. The van der Waals surface area contributed by atoms with Gasteiger partial charge in [-0.05, 0) is 65.2 Å². The fourth-order valence-electron chi connectivity index (χ4n) is 2.88. The molecule has 0 spiro atoms. The summed E-state index contributed by atoms with van der Waals surface area (Å²) in [4.78, 5) is 0. The summed E-state index contributed by atoms with van der Waals surface area (Å²) in [6.07, 6.45) is 4.30. The van der Waals surface area contributed by atoms with Crippen molar-refractivity contribution in [2.24, 2.45) is 5.92 Å². The molecule has 0 unspecified atom stereocenters. The molecule has 21 heavy (non-hydrogen) atoms. The van der Waals surface area contributed by atoms with E-state index in [2.05, 4.69) is 28.2 Å². The minimum absolute atomic E-state index is 0.115. The van der Waals surface area contributed by atoms with Gasteiger partial charge in [-0.1, -0.05) is 6.92 Å². The van der Waals surface area contributed by atoms with Gasteiger partial charge in [0.2, 0.25) is 0 Å². The SMILES string of the molecule is COc1cc(CNC2(CO)CCC(C)CC2)cc(Br)c1O. The van der Waals surface area contributed by atoms with Crippen LogP contribution in [0.5, 0.6) is 11.5 Å². The monoisotopic (exact) mass is 357 g/mol. The molecule has 0 heterocycles. The summed E-state index contributed by atoms with van der Waals surface area (Å²) in [5, 5.41) is 23.1. The van der Waals surface area contributed by atoms with E-state index in [1.165, 1.54) is 7.11 Å². The van der Waals surface area contributed by atoms with Crippen molar-refractivity contribution in [3.05, 3.63) is 22.2 Å². The van der Waals surface area contributed by atoms with Gasteiger partial charge in [-0.2, -0.15) is 0 Å². The fourth-order valence-corrected chi connectivity index (χ4v) is 3.37. The van der Waals surface area contributed by atoms with Crippen molar-refractivity contribution in [3.63, 3.8) is 0 Å². The van der Waals surface area contributed by atoms with Gasteiger partial charge >= 0.3 is 0 Å². The normalized spacial score (nSPS) is 25.8. The van der Waals surface area contributed by atoms with Crippen LogP contribution < -0.4 is 10.1 Å². The highest BCUT2D eigenvalue weighted by Crippen LogP contribution is 2.36. The second kappa shape index (κ2) is 6.99. The number of benzene rings is 1. The molecule has 4 nitrogen and oxygen atoms in total. The third-order valence-corrected chi connectivity index (χ3v) is 5.11. The minimum atomic E-state index is -0.176. The summed E-state index contributed by atoms with van der Waals surface area (Å²) >= 11 is 3.33. The van der Waals surface area contributed by atoms with Gasteiger partial charge in [-0.15, -0.1) is 0 Å². The lowest BCUT2D eigenvalue weighted by atomic mass is 9.77. The molecule has 3 N–H and O–H groups in total. The topological polar surface area (TPSA) is 61.7 Å². The lowest BCUT2D eigenvalue weighted by Gasteiger charge is -2.39. The molecule has 0 amide bonds. The van der Waals surface area contributed by atoms with Crippen LogP contribution in [0, 0.1) is 5.92 Å². The Hall–Kier alpha value is -0.780. The number of hydrogen-bond donors (Lipinski definition) is 3. The second-order valence-corrected chi connectivity index (χ2v) is 6.96. The van der Waals surface area contributed by atoms with Gasteiger partial charge in [0, 0.05) is 12.1 Å². The predicted octanol–water partition coefficient (Wildman–Crippen LogP) is 3.19. The highest BCUT2D eigenvalue weighted by Gasteiger charge is 2.33. The average molecular weight is 358 g/mol. The molecule has 1 aromatic carbocycles. The number of phenols is 1. The lowest BCUT2D eigenvalue weighted by molar-refractivity contribution is 0.104. The largest absolute Gasteiger partial charge is 0.503 e. The average Bonchev–Trinajstić information content (AvgIpc) is 2.50. The number of methoxy groups -OCH3 is 1. The number of aliphatic hydroxyl groups is 1. The lowest BCUT2D eigenvalue weighted by Crippen LogP contribution is -2.50. The number of nitrogens with one attached hydrogen (secondary N) is 1. The fraction of sp³-hybridized carbons (Fsp3) is 0.625. The second-order valence-electron chi connectivity index (χ2n) is 6.10. The number of phenolic OH excluding ortho intramolecular Hbond substituents is 1. The van der Waals surface area contributed by atoms with Crippen LogP contribution in [0.4, 0.5) is 0 Å². The Balaban J connectivity index is 2.06. The third-order valence-electron chi connectivity index (χ3n) is 4.51. The van der Waals surface area contributed by atoms with E-state index in [4.69, 9.17) is 4.74 Å². The van der Waals surface area contributed by atoms with E-state index >= 15 is 0 Å². The van der Waals surface area contributed by atoms with Crippen molar-refractivity contribution in [1.29, 1.82) is 0 Å². The molecule has 0 bridgehead atoms. The first kappa shape index (κ1) is 16.6. The number of halogens is 1. The van der Waals surface area contributed by atoms with Gasteiger partial charge in [0.1, 0.15) is 0 Å². The summed E-state index contributed by atoms with van der Waals surface area (Å²) in [5.74, 6) is 1.32. The quantitative estimate of drug-likeness (QED) is 0.757. The van der Waals surface area contributed by atoms with E-state index < -0.39 is 0 Å². The van der Waals surface area contributed by atoms with Gasteiger partial charge < -0.3 is 20.3 Å². The van der Waals surface area contributed by atoms with E-state index in [0.717, 1.165) is 37.2 Å². The number of aliphatic hydroxyl groups excluding tert-OH is 1. The molecule has 1 saturated carbocycles. The van der Waals surface area contributed by atoms with Crippen molar-refractivity contribution in [2.45, 2.75) is 44.7 Å².